The first-order valence-electron chi connectivity index (χ1n) is 5.49. The van der Waals surface area contributed by atoms with Crippen LogP contribution in [0.25, 0.3) is 0 Å². The first-order valence-corrected chi connectivity index (χ1v) is 6.28. The van der Waals surface area contributed by atoms with Crippen LogP contribution in [-0.4, -0.2) is 30.1 Å². The minimum absolute atomic E-state index is 0.0265. The summed E-state index contributed by atoms with van der Waals surface area (Å²) >= 11 is 2.90. The van der Waals surface area contributed by atoms with Crippen LogP contribution in [0, 0.1) is 5.92 Å². The van der Waals surface area contributed by atoms with E-state index in [9.17, 15) is 22.0 Å². The Morgan fingerprint density at radius 2 is 1.89 bits per heavy atom. The Balaban J connectivity index is 2.16. The van der Waals surface area contributed by atoms with Crippen molar-refractivity contribution in [1.29, 1.82) is 0 Å². The Kier molecular flexibility index (Phi) is 3.71. The normalized spacial score (nSPS) is 22.9. The van der Waals surface area contributed by atoms with Crippen LogP contribution in [0.5, 0.6) is 0 Å². The zero-order valence-electron chi connectivity index (χ0n) is 9.22. The quantitative estimate of drug-likeness (QED) is 0.704. The lowest BCUT2D eigenvalue weighted by Gasteiger charge is -2.34. The summed E-state index contributed by atoms with van der Waals surface area (Å²) in [6.45, 7) is -0.130. The van der Waals surface area contributed by atoms with Gasteiger partial charge in [-0.1, -0.05) is 6.08 Å². The summed E-state index contributed by atoms with van der Waals surface area (Å²) in [6.07, 6.45) is -3.65. The molecule has 2 rings (SSSR count). The maximum absolute atomic E-state index is 12.9. The van der Waals surface area contributed by atoms with Crippen molar-refractivity contribution >= 4 is 15.9 Å². The molecule has 2 aliphatic rings. The van der Waals surface area contributed by atoms with E-state index < -0.39 is 24.6 Å². The van der Waals surface area contributed by atoms with Crippen molar-refractivity contribution in [1.82, 2.24) is 4.90 Å². The smallest absolute Gasteiger partial charge is 0.361 e. The zero-order chi connectivity index (χ0) is 13.5. The van der Waals surface area contributed by atoms with Crippen LogP contribution in [0.4, 0.5) is 22.0 Å². The predicted molar refractivity (Wildman–Crippen MR) is 60.4 cm³/mol. The Morgan fingerprint density at radius 1 is 1.28 bits per heavy atom. The fraction of sp³-hybridized carbons (Fsp3) is 0.636. The highest BCUT2D eigenvalue weighted by molar-refractivity contribution is 9.12. The highest BCUT2D eigenvalue weighted by Gasteiger charge is 2.51. The zero-order valence-corrected chi connectivity index (χ0v) is 10.8. The molecule has 0 saturated heterocycles. The summed E-state index contributed by atoms with van der Waals surface area (Å²) in [5.41, 5.74) is -0.247. The molecule has 1 aliphatic carbocycles. The van der Waals surface area contributed by atoms with Crippen LogP contribution in [-0.2, 0) is 0 Å². The molecule has 1 unspecified atom stereocenters. The van der Waals surface area contributed by atoms with Gasteiger partial charge < -0.3 is 4.90 Å². The maximum atomic E-state index is 12.9. The van der Waals surface area contributed by atoms with Crippen molar-refractivity contribution in [2.24, 2.45) is 5.92 Å². The van der Waals surface area contributed by atoms with Crippen molar-refractivity contribution in [2.45, 2.75) is 31.5 Å². The molecule has 1 saturated carbocycles. The van der Waals surface area contributed by atoms with Crippen LogP contribution in [0.1, 0.15) is 12.8 Å². The average Bonchev–Trinajstić information content (AvgIpc) is 2.99. The molecule has 1 aliphatic heterocycles. The van der Waals surface area contributed by atoms with Crippen molar-refractivity contribution in [3.63, 3.8) is 0 Å². The van der Waals surface area contributed by atoms with E-state index in [4.69, 9.17) is 0 Å². The first-order chi connectivity index (χ1) is 8.30. The van der Waals surface area contributed by atoms with Gasteiger partial charge in [-0.25, -0.2) is 8.78 Å². The van der Waals surface area contributed by atoms with Crippen molar-refractivity contribution < 1.29 is 22.0 Å². The molecular weight excluding hydrogens is 321 g/mol. The van der Waals surface area contributed by atoms with Gasteiger partial charge in [0.25, 0.3) is 6.43 Å². The van der Waals surface area contributed by atoms with E-state index in [-0.39, 0.29) is 16.6 Å². The Bertz CT molecular complexity index is 383. The van der Waals surface area contributed by atoms with E-state index in [1.165, 1.54) is 0 Å². The number of allylic oxidation sites excluding steroid dienone is 2. The van der Waals surface area contributed by atoms with Gasteiger partial charge >= 0.3 is 6.18 Å². The monoisotopic (exact) mass is 331 g/mol. The molecule has 102 valence electrons. The number of nitrogens with zero attached hydrogens (tertiary/aromatic N) is 1. The van der Waals surface area contributed by atoms with Crippen molar-refractivity contribution in [3.8, 4) is 0 Å². The molecule has 18 heavy (non-hydrogen) atoms. The average molecular weight is 332 g/mol. The van der Waals surface area contributed by atoms with E-state index >= 15 is 0 Å². The molecule has 0 aromatic carbocycles. The summed E-state index contributed by atoms with van der Waals surface area (Å²) in [6, 6.07) is -1.57. The van der Waals surface area contributed by atoms with Gasteiger partial charge in [-0.2, -0.15) is 13.2 Å². The molecule has 0 spiro atoms. The van der Waals surface area contributed by atoms with E-state index in [1.54, 1.807) is 0 Å². The fourth-order valence-electron chi connectivity index (χ4n) is 2.10. The summed E-state index contributed by atoms with van der Waals surface area (Å²) in [5, 5.41) is 0. The van der Waals surface area contributed by atoms with Gasteiger partial charge in [0.1, 0.15) is 6.04 Å². The molecule has 1 heterocycles. The second kappa shape index (κ2) is 4.83. The van der Waals surface area contributed by atoms with Gasteiger partial charge in [-0.3, -0.25) is 0 Å². The van der Waals surface area contributed by atoms with E-state index in [1.807, 2.05) is 0 Å². The third-order valence-electron chi connectivity index (χ3n) is 3.07. The molecule has 0 N–H and O–H groups in total. The van der Waals surface area contributed by atoms with Gasteiger partial charge in [0.05, 0.1) is 0 Å². The van der Waals surface area contributed by atoms with E-state index in [0.29, 0.717) is 12.8 Å². The molecule has 1 nitrogen and oxygen atoms in total. The standard InChI is InChI=1S/C11H11BrF5N/c12-8-5-18(4-3-7(8)10(13)14)9(6-1-2-6)11(15,16)17/h3,5-6,9-10H,1-2,4H2. The number of hydrogen-bond donors (Lipinski definition) is 0. The summed E-state index contributed by atoms with van der Waals surface area (Å²) < 4.78 is 63.8. The third-order valence-corrected chi connectivity index (χ3v) is 3.74. The fourth-order valence-corrected chi connectivity index (χ4v) is 2.70. The number of hydrogen-bond acceptors (Lipinski definition) is 1. The lowest BCUT2D eigenvalue weighted by Crippen LogP contribution is -2.45. The van der Waals surface area contributed by atoms with Crippen LogP contribution >= 0.6 is 15.9 Å². The van der Waals surface area contributed by atoms with Gasteiger partial charge in [0.15, 0.2) is 0 Å². The molecular formula is C11H11BrF5N. The van der Waals surface area contributed by atoms with E-state index in [2.05, 4.69) is 15.9 Å². The van der Waals surface area contributed by atoms with Gasteiger partial charge in [0, 0.05) is 22.8 Å². The predicted octanol–water partition coefficient (Wildman–Crippen LogP) is 4.07. The molecule has 7 heteroatoms. The van der Waals surface area contributed by atoms with Crippen LogP contribution in [0.2, 0.25) is 0 Å². The van der Waals surface area contributed by atoms with Gasteiger partial charge in [-0.15, -0.1) is 0 Å². The second-order valence-corrected chi connectivity index (χ2v) is 5.31. The first kappa shape index (κ1) is 13.8. The lowest BCUT2D eigenvalue weighted by molar-refractivity contribution is -0.181. The number of alkyl halides is 5. The lowest BCUT2D eigenvalue weighted by atomic mass is 10.1. The highest BCUT2D eigenvalue weighted by Crippen LogP contribution is 2.44. The molecule has 1 atom stereocenters. The number of halogens is 6. The molecule has 0 aromatic heterocycles. The molecule has 0 bridgehead atoms. The van der Waals surface area contributed by atoms with Gasteiger partial charge in [-0.05, 0) is 34.7 Å². The topological polar surface area (TPSA) is 3.24 Å². The molecule has 0 amide bonds. The molecule has 0 radical (unpaired) electrons. The Morgan fingerprint density at radius 3 is 2.28 bits per heavy atom. The summed E-state index contributed by atoms with van der Waals surface area (Å²) in [7, 11) is 0. The van der Waals surface area contributed by atoms with Gasteiger partial charge in [0.2, 0.25) is 0 Å². The minimum Gasteiger partial charge on any atom is -0.361 e. The Hall–Kier alpha value is -0.590. The summed E-state index contributed by atoms with van der Waals surface area (Å²) in [4.78, 5) is 1.09. The van der Waals surface area contributed by atoms with Crippen LogP contribution in [0.15, 0.2) is 22.3 Å². The second-order valence-electron chi connectivity index (χ2n) is 4.46. The Labute approximate surface area is 109 Å². The summed E-state index contributed by atoms with van der Waals surface area (Å²) in [5.74, 6) is -0.414. The third kappa shape index (κ3) is 2.87. The van der Waals surface area contributed by atoms with Crippen LogP contribution < -0.4 is 0 Å². The molecule has 1 fully saturated rings. The SMILES string of the molecule is FC(F)C1=CCN(C(C2CC2)C(F)(F)F)C=C1Br. The van der Waals surface area contributed by atoms with Crippen molar-refractivity contribution in [3.05, 3.63) is 22.3 Å². The van der Waals surface area contributed by atoms with Crippen molar-refractivity contribution in [2.75, 3.05) is 6.54 Å². The largest absolute Gasteiger partial charge is 0.408 e. The number of rotatable bonds is 3. The highest BCUT2D eigenvalue weighted by atomic mass is 79.9. The van der Waals surface area contributed by atoms with E-state index in [0.717, 1.165) is 17.2 Å². The minimum atomic E-state index is -4.33. The van der Waals surface area contributed by atoms with Crippen LogP contribution in [0.3, 0.4) is 0 Å². The maximum Gasteiger partial charge on any atom is 0.408 e. The molecule has 0 aromatic rings.